The topological polar surface area (TPSA) is 87.6 Å². The van der Waals surface area contributed by atoms with E-state index in [-0.39, 0.29) is 29.8 Å². The van der Waals surface area contributed by atoms with Crippen LogP contribution >= 0.6 is 0 Å². The number of carbonyl (C=O) groups is 1. The summed E-state index contributed by atoms with van der Waals surface area (Å²) >= 11 is 0. The molecule has 0 saturated carbocycles. The van der Waals surface area contributed by atoms with Gasteiger partial charge in [-0.15, -0.1) is 0 Å². The van der Waals surface area contributed by atoms with Crippen LogP contribution in [0.2, 0.25) is 0 Å². The van der Waals surface area contributed by atoms with Crippen molar-refractivity contribution in [2.75, 3.05) is 13.1 Å². The Bertz CT molecular complexity index is 1460. The highest BCUT2D eigenvalue weighted by Crippen LogP contribution is 2.51. The zero-order valence-corrected chi connectivity index (χ0v) is 21.2. The van der Waals surface area contributed by atoms with Crippen LogP contribution in [0.5, 0.6) is 0 Å². The van der Waals surface area contributed by atoms with Gasteiger partial charge in [-0.2, -0.15) is 26.3 Å². The minimum absolute atomic E-state index is 0.0961. The second kappa shape index (κ2) is 10.1. The Hall–Kier alpha value is -3.52. The number of aliphatic hydroxyl groups is 1. The molecule has 1 amide bonds. The first kappa shape index (κ1) is 29.5. The maximum Gasteiger partial charge on any atom is 0.430 e. The number of benzene rings is 2. The van der Waals surface area contributed by atoms with E-state index in [9.17, 15) is 49.1 Å². The molecule has 14 heteroatoms. The van der Waals surface area contributed by atoms with Crippen LogP contribution in [-0.2, 0) is 31.4 Å². The third kappa shape index (κ3) is 4.94. The summed E-state index contributed by atoms with van der Waals surface area (Å²) in [4.78, 5) is 17.8. The molecule has 3 aromatic rings. The van der Waals surface area contributed by atoms with Crippen LogP contribution in [0.4, 0.5) is 30.7 Å². The predicted octanol–water partition coefficient (Wildman–Crippen LogP) is 4.68. The average Bonchev–Trinajstić information content (AvgIpc) is 3.36. The summed E-state index contributed by atoms with van der Waals surface area (Å²) < 4.78 is 120. The average molecular weight is 591 g/mol. The largest absolute Gasteiger partial charge is 0.430 e. The van der Waals surface area contributed by atoms with Gasteiger partial charge in [-0.25, -0.2) is 12.8 Å². The first-order valence-electron chi connectivity index (χ1n) is 11.7. The highest BCUT2D eigenvalue weighted by molar-refractivity contribution is 7.92. The summed E-state index contributed by atoms with van der Waals surface area (Å²) in [5, 5.41) is 9.73. The third-order valence-electron chi connectivity index (χ3n) is 6.98. The molecule has 1 aromatic heterocycles. The Balaban J connectivity index is 1.79. The first-order valence-corrected chi connectivity index (χ1v) is 13.1. The molecule has 1 N–H and O–H groups in total. The standard InChI is InChI=1S/C26H21F7N2O4S/c27-20-5-7-21(8-6-20)40(38,39)23(11-14-35(16-23)22(36)15-17-9-12-34-13-10-17)18-1-3-19(4-2-18)24(37,25(28,29)30)26(31,32)33/h1-10,12-13,37H,11,14-16H2. The Morgan fingerprint density at radius 1 is 0.900 bits per heavy atom. The van der Waals surface area contributed by atoms with Crippen LogP contribution in [0.3, 0.4) is 0 Å². The highest BCUT2D eigenvalue weighted by atomic mass is 32.2. The second-order valence-corrected chi connectivity index (χ2v) is 11.6. The SMILES string of the molecule is O=C(Cc1ccncc1)N1CCC(c2ccc(C(O)(C(F)(F)F)C(F)(F)F)cc2)(S(=O)(=O)c2ccc(F)cc2)C1. The van der Waals surface area contributed by atoms with Gasteiger partial charge in [0.2, 0.25) is 5.91 Å². The van der Waals surface area contributed by atoms with Gasteiger partial charge in [-0.05, 0) is 53.9 Å². The smallest absolute Gasteiger partial charge is 0.369 e. The summed E-state index contributed by atoms with van der Waals surface area (Å²) in [5.41, 5.74) is -6.38. The predicted molar refractivity (Wildman–Crippen MR) is 127 cm³/mol. The van der Waals surface area contributed by atoms with Crippen molar-refractivity contribution in [3.63, 3.8) is 0 Å². The second-order valence-electron chi connectivity index (χ2n) is 9.33. The van der Waals surface area contributed by atoms with E-state index >= 15 is 0 Å². The first-order chi connectivity index (χ1) is 18.5. The Labute approximate surface area is 224 Å². The minimum Gasteiger partial charge on any atom is -0.369 e. The van der Waals surface area contributed by atoms with Crippen molar-refractivity contribution in [3.05, 3.63) is 95.6 Å². The number of likely N-dealkylation sites (tertiary alicyclic amines) is 1. The van der Waals surface area contributed by atoms with Crippen LogP contribution < -0.4 is 0 Å². The molecule has 1 aliphatic rings. The molecule has 1 saturated heterocycles. The fraction of sp³-hybridized carbons (Fsp3) is 0.308. The van der Waals surface area contributed by atoms with Gasteiger partial charge >= 0.3 is 12.4 Å². The van der Waals surface area contributed by atoms with Gasteiger partial charge < -0.3 is 10.0 Å². The number of alkyl halides is 6. The van der Waals surface area contributed by atoms with E-state index < -0.39 is 56.4 Å². The van der Waals surface area contributed by atoms with Gasteiger partial charge in [0.25, 0.3) is 5.60 Å². The van der Waals surface area contributed by atoms with Crippen LogP contribution in [0.1, 0.15) is 23.1 Å². The highest BCUT2D eigenvalue weighted by Gasteiger charge is 2.71. The summed E-state index contributed by atoms with van der Waals surface area (Å²) in [6, 6.07) is 9.14. The summed E-state index contributed by atoms with van der Waals surface area (Å²) in [5.74, 6) is -1.21. The summed E-state index contributed by atoms with van der Waals surface area (Å²) in [7, 11) is -4.49. The number of hydrogen-bond donors (Lipinski definition) is 1. The van der Waals surface area contributed by atoms with Gasteiger partial charge in [0, 0.05) is 31.0 Å². The zero-order chi connectivity index (χ0) is 29.6. The van der Waals surface area contributed by atoms with Crippen molar-refractivity contribution in [1.82, 2.24) is 9.88 Å². The zero-order valence-electron chi connectivity index (χ0n) is 20.4. The molecular weight excluding hydrogens is 569 g/mol. The molecule has 40 heavy (non-hydrogen) atoms. The molecule has 2 heterocycles. The molecule has 0 radical (unpaired) electrons. The molecule has 1 aliphatic heterocycles. The van der Waals surface area contributed by atoms with Crippen molar-refractivity contribution >= 4 is 15.7 Å². The molecule has 0 spiro atoms. The number of hydrogen-bond acceptors (Lipinski definition) is 5. The Morgan fingerprint density at radius 3 is 1.98 bits per heavy atom. The minimum atomic E-state index is -6.13. The number of amides is 1. The van der Waals surface area contributed by atoms with Crippen LogP contribution in [0, 0.1) is 5.82 Å². The molecule has 2 aromatic carbocycles. The fourth-order valence-electron chi connectivity index (χ4n) is 4.73. The summed E-state index contributed by atoms with van der Waals surface area (Å²) in [6.07, 6.45) is -9.71. The van der Waals surface area contributed by atoms with E-state index in [4.69, 9.17) is 0 Å². The number of carbonyl (C=O) groups excluding carboxylic acids is 1. The monoisotopic (exact) mass is 590 g/mol. The maximum absolute atomic E-state index is 13.9. The maximum atomic E-state index is 13.9. The van der Waals surface area contributed by atoms with E-state index in [1.165, 1.54) is 17.3 Å². The number of pyridine rings is 1. The lowest BCUT2D eigenvalue weighted by Gasteiger charge is -2.34. The van der Waals surface area contributed by atoms with Crippen LogP contribution in [0.25, 0.3) is 0 Å². The number of nitrogens with zero attached hydrogens (tertiary/aromatic N) is 2. The number of aromatic nitrogens is 1. The van der Waals surface area contributed by atoms with Gasteiger partial charge in [0.15, 0.2) is 9.84 Å². The molecule has 0 bridgehead atoms. The van der Waals surface area contributed by atoms with Crippen molar-refractivity contribution in [3.8, 4) is 0 Å². The fourth-order valence-corrected chi connectivity index (χ4v) is 6.81. The number of sulfone groups is 1. The number of rotatable bonds is 6. The van der Waals surface area contributed by atoms with E-state index in [1.807, 2.05) is 0 Å². The van der Waals surface area contributed by atoms with E-state index in [0.29, 0.717) is 17.7 Å². The molecule has 4 rings (SSSR count). The Morgan fingerprint density at radius 2 is 1.45 bits per heavy atom. The van der Waals surface area contributed by atoms with Crippen LogP contribution in [-0.4, -0.2) is 54.8 Å². The van der Waals surface area contributed by atoms with Gasteiger partial charge in [-0.3, -0.25) is 9.78 Å². The van der Waals surface area contributed by atoms with Crippen molar-refractivity contribution in [2.24, 2.45) is 0 Å². The number of halogens is 7. The van der Waals surface area contributed by atoms with Crippen molar-refractivity contribution in [2.45, 2.75) is 40.4 Å². The van der Waals surface area contributed by atoms with E-state index in [1.54, 1.807) is 12.1 Å². The third-order valence-corrected chi connectivity index (χ3v) is 9.47. The van der Waals surface area contributed by atoms with Crippen molar-refractivity contribution < 1.29 is 49.1 Å². The van der Waals surface area contributed by atoms with Gasteiger partial charge in [0.05, 0.1) is 11.3 Å². The van der Waals surface area contributed by atoms with Gasteiger partial charge in [-0.1, -0.05) is 24.3 Å². The lowest BCUT2D eigenvalue weighted by Crippen LogP contribution is -2.54. The molecular formula is C26H21F7N2O4S. The lowest BCUT2D eigenvalue weighted by atomic mass is 9.89. The molecule has 1 unspecified atom stereocenters. The van der Waals surface area contributed by atoms with Crippen molar-refractivity contribution in [1.29, 1.82) is 0 Å². The van der Waals surface area contributed by atoms with E-state index in [2.05, 4.69) is 4.98 Å². The molecule has 1 fully saturated rings. The Kier molecular flexibility index (Phi) is 7.47. The molecule has 1 atom stereocenters. The van der Waals surface area contributed by atoms with Gasteiger partial charge in [0.1, 0.15) is 10.6 Å². The summed E-state index contributed by atoms with van der Waals surface area (Å²) in [6.45, 7) is -0.570. The normalized spacial score (nSPS) is 18.6. The van der Waals surface area contributed by atoms with E-state index in [0.717, 1.165) is 36.4 Å². The lowest BCUT2D eigenvalue weighted by molar-refractivity contribution is -0.376. The molecule has 6 nitrogen and oxygen atoms in total. The van der Waals surface area contributed by atoms with Crippen LogP contribution in [0.15, 0.2) is 78.0 Å². The quantitative estimate of drug-likeness (QED) is 0.333. The molecule has 214 valence electrons. The molecule has 0 aliphatic carbocycles.